The lowest BCUT2D eigenvalue weighted by atomic mass is 10.0. The van der Waals surface area contributed by atoms with E-state index in [1.54, 1.807) is 24.2 Å². The Morgan fingerprint density at radius 2 is 2.12 bits per heavy atom. The van der Waals surface area contributed by atoms with Crippen LogP contribution < -0.4 is 0 Å². The quantitative estimate of drug-likeness (QED) is 0.731. The van der Waals surface area contributed by atoms with E-state index in [2.05, 4.69) is 34.3 Å². The van der Waals surface area contributed by atoms with Gasteiger partial charge >= 0.3 is 0 Å². The van der Waals surface area contributed by atoms with Crippen LogP contribution in [0.25, 0.3) is 0 Å². The lowest BCUT2D eigenvalue weighted by molar-refractivity contribution is -0.138. The summed E-state index contributed by atoms with van der Waals surface area (Å²) < 4.78 is 5.46. The molecule has 1 atom stereocenters. The van der Waals surface area contributed by atoms with Crippen LogP contribution in [0.4, 0.5) is 0 Å². The average molecular weight is 372 g/mol. The van der Waals surface area contributed by atoms with Crippen molar-refractivity contribution in [3.63, 3.8) is 0 Å². The molecule has 138 valence electrons. The van der Waals surface area contributed by atoms with Crippen molar-refractivity contribution < 1.29 is 9.53 Å². The highest BCUT2D eigenvalue weighted by Crippen LogP contribution is 2.24. The molecular formula is C20H25N3O2S. The maximum absolute atomic E-state index is 13.3. The van der Waals surface area contributed by atoms with E-state index >= 15 is 0 Å². The van der Waals surface area contributed by atoms with Gasteiger partial charge in [0.15, 0.2) is 0 Å². The zero-order chi connectivity index (χ0) is 18.4. The molecule has 1 amide bonds. The topological polar surface area (TPSA) is 45.7 Å². The molecule has 3 rings (SSSR count). The number of ether oxygens (including phenoxy) is 1. The highest BCUT2D eigenvalue weighted by molar-refractivity contribution is 7.98. The van der Waals surface area contributed by atoms with Crippen LogP contribution in [0, 0.1) is 0 Å². The fraction of sp³-hybridized carbons (Fsp3) is 0.400. The fourth-order valence-electron chi connectivity index (χ4n) is 3.21. The molecule has 6 heteroatoms. The number of carbonyl (C=O) groups is 1. The van der Waals surface area contributed by atoms with Crippen molar-refractivity contribution in [1.82, 2.24) is 14.8 Å². The molecule has 1 aliphatic rings. The molecule has 1 fully saturated rings. The zero-order valence-corrected chi connectivity index (χ0v) is 16.1. The Labute approximate surface area is 159 Å². The summed E-state index contributed by atoms with van der Waals surface area (Å²) in [4.78, 5) is 22.7. The molecular weight excluding hydrogens is 346 g/mol. The fourth-order valence-corrected chi connectivity index (χ4v) is 3.70. The summed E-state index contributed by atoms with van der Waals surface area (Å²) in [6.45, 7) is 3.41. The van der Waals surface area contributed by atoms with E-state index in [0.29, 0.717) is 19.8 Å². The highest BCUT2D eigenvalue weighted by Gasteiger charge is 2.31. The SMILES string of the molecule is CSc1cccc(CN(C)C(=O)[C@@H](c2cccnc2)N2CCOCC2)c1. The van der Waals surface area contributed by atoms with E-state index in [9.17, 15) is 4.79 Å². The van der Waals surface area contributed by atoms with Gasteiger partial charge in [-0.2, -0.15) is 0 Å². The van der Waals surface area contributed by atoms with Crippen LogP contribution in [0.2, 0.25) is 0 Å². The molecule has 1 aromatic carbocycles. The Balaban J connectivity index is 1.79. The maximum atomic E-state index is 13.3. The van der Waals surface area contributed by atoms with Gasteiger partial charge in [0.05, 0.1) is 13.2 Å². The second kappa shape index (κ2) is 9.16. The number of morpholine rings is 1. The molecule has 1 saturated heterocycles. The number of amides is 1. The van der Waals surface area contributed by atoms with Crippen molar-refractivity contribution in [2.24, 2.45) is 0 Å². The minimum atomic E-state index is -0.318. The number of likely N-dealkylation sites (N-methyl/N-ethyl adjacent to an activating group) is 1. The lowest BCUT2D eigenvalue weighted by Gasteiger charge is -2.35. The number of benzene rings is 1. The Kier molecular flexibility index (Phi) is 6.66. The van der Waals surface area contributed by atoms with Gasteiger partial charge in [0.2, 0.25) is 5.91 Å². The number of pyridine rings is 1. The Morgan fingerprint density at radius 1 is 1.31 bits per heavy atom. The van der Waals surface area contributed by atoms with Crippen LogP contribution >= 0.6 is 11.8 Å². The number of thioether (sulfide) groups is 1. The summed E-state index contributed by atoms with van der Waals surface area (Å²) in [7, 11) is 1.87. The van der Waals surface area contributed by atoms with Crippen LogP contribution in [0.15, 0.2) is 53.7 Å². The first-order valence-electron chi connectivity index (χ1n) is 8.78. The molecule has 5 nitrogen and oxygen atoms in total. The monoisotopic (exact) mass is 371 g/mol. The highest BCUT2D eigenvalue weighted by atomic mass is 32.2. The number of hydrogen-bond donors (Lipinski definition) is 0. The molecule has 2 aromatic rings. The standard InChI is InChI=1S/C20H25N3O2S/c1-22(15-16-5-3-7-18(13-16)26-2)20(24)19(17-6-4-8-21-14-17)23-9-11-25-12-10-23/h3-8,13-14,19H,9-12,15H2,1-2H3/t19-/m1/s1. The summed E-state index contributed by atoms with van der Waals surface area (Å²) >= 11 is 1.71. The first-order valence-corrected chi connectivity index (χ1v) is 10.0. The largest absolute Gasteiger partial charge is 0.379 e. The second-order valence-corrected chi connectivity index (χ2v) is 7.26. The van der Waals surface area contributed by atoms with Gasteiger partial charge in [0, 0.05) is 44.0 Å². The van der Waals surface area contributed by atoms with Crippen molar-refractivity contribution >= 4 is 17.7 Å². The number of rotatable bonds is 6. The number of aromatic nitrogens is 1. The van der Waals surface area contributed by atoms with Crippen molar-refractivity contribution in [3.8, 4) is 0 Å². The van der Waals surface area contributed by atoms with E-state index in [-0.39, 0.29) is 11.9 Å². The Morgan fingerprint density at radius 3 is 2.81 bits per heavy atom. The van der Waals surface area contributed by atoms with Gasteiger partial charge in [-0.15, -0.1) is 11.8 Å². The zero-order valence-electron chi connectivity index (χ0n) is 15.3. The third kappa shape index (κ3) is 4.63. The van der Waals surface area contributed by atoms with Crippen LogP contribution in [0.5, 0.6) is 0 Å². The molecule has 1 aliphatic heterocycles. The van der Waals surface area contributed by atoms with Crippen molar-refractivity contribution in [2.45, 2.75) is 17.5 Å². The van der Waals surface area contributed by atoms with Crippen LogP contribution in [0.1, 0.15) is 17.2 Å². The van der Waals surface area contributed by atoms with Gasteiger partial charge in [-0.3, -0.25) is 14.7 Å². The van der Waals surface area contributed by atoms with E-state index in [0.717, 1.165) is 24.2 Å². The number of hydrogen-bond acceptors (Lipinski definition) is 5. The first kappa shape index (κ1) is 18.9. The van der Waals surface area contributed by atoms with Gasteiger partial charge in [-0.1, -0.05) is 18.2 Å². The van der Waals surface area contributed by atoms with Gasteiger partial charge in [0.25, 0.3) is 0 Å². The predicted molar refractivity (Wildman–Crippen MR) is 104 cm³/mol. The summed E-state index contributed by atoms with van der Waals surface area (Å²) in [6, 6.07) is 11.9. The smallest absolute Gasteiger partial charge is 0.244 e. The number of carbonyl (C=O) groups excluding carboxylic acids is 1. The van der Waals surface area contributed by atoms with Gasteiger partial charge < -0.3 is 9.64 Å². The molecule has 26 heavy (non-hydrogen) atoms. The molecule has 0 saturated carbocycles. The summed E-state index contributed by atoms with van der Waals surface area (Å²) in [6.07, 6.45) is 5.59. The van der Waals surface area contributed by atoms with Crippen molar-refractivity contribution in [3.05, 3.63) is 59.9 Å². The van der Waals surface area contributed by atoms with Crippen molar-refractivity contribution in [2.75, 3.05) is 39.6 Å². The normalized spacial score (nSPS) is 16.2. The summed E-state index contributed by atoms with van der Waals surface area (Å²) in [5.41, 5.74) is 2.07. The number of nitrogens with zero attached hydrogens (tertiary/aromatic N) is 3. The predicted octanol–water partition coefficient (Wildman–Crippen LogP) is 2.84. The molecule has 1 aromatic heterocycles. The van der Waals surface area contributed by atoms with E-state index in [4.69, 9.17) is 4.74 Å². The minimum Gasteiger partial charge on any atom is -0.379 e. The average Bonchev–Trinajstić information content (AvgIpc) is 2.70. The van der Waals surface area contributed by atoms with Crippen molar-refractivity contribution in [1.29, 1.82) is 0 Å². The molecule has 0 unspecified atom stereocenters. The van der Waals surface area contributed by atoms with Crippen LogP contribution in [-0.4, -0.2) is 60.3 Å². The molecule has 2 heterocycles. The van der Waals surface area contributed by atoms with Gasteiger partial charge in [-0.25, -0.2) is 0 Å². The molecule has 0 bridgehead atoms. The molecule has 0 N–H and O–H groups in total. The Hall–Kier alpha value is -1.89. The van der Waals surface area contributed by atoms with Crippen LogP contribution in [-0.2, 0) is 16.1 Å². The molecule has 0 aliphatic carbocycles. The maximum Gasteiger partial charge on any atom is 0.244 e. The minimum absolute atomic E-state index is 0.0921. The van der Waals surface area contributed by atoms with E-state index < -0.39 is 0 Å². The summed E-state index contributed by atoms with van der Waals surface area (Å²) in [5.74, 6) is 0.0921. The Bertz CT molecular complexity index is 720. The van der Waals surface area contributed by atoms with Crippen LogP contribution in [0.3, 0.4) is 0 Å². The van der Waals surface area contributed by atoms with E-state index in [1.807, 2.05) is 30.1 Å². The molecule has 0 radical (unpaired) electrons. The second-order valence-electron chi connectivity index (χ2n) is 6.38. The third-order valence-electron chi connectivity index (χ3n) is 4.58. The lowest BCUT2D eigenvalue weighted by Crippen LogP contribution is -2.46. The first-order chi connectivity index (χ1) is 12.7. The third-order valence-corrected chi connectivity index (χ3v) is 5.30. The van der Waals surface area contributed by atoms with Gasteiger partial charge in [-0.05, 0) is 35.6 Å². The van der Waals surface area contributed by atoms with Gasteiger partial charge in [0.1, 0.15) is 6.04 Å². The molecule has 0 spiro atoms. The summed E-state index contributed by atoms with van der Waals surface area (Å²) in [5, 5.41) is 0. The van der Waals surface area contributed by atoms with E-state index in [1.165, 1.54) is 4.90 Å².